The van der Waals surface area contributed by atoms with Crippen LogP contribution in [0.2, 0.25) is 0 Å². The van der Waals surface area contributed by atoms with Gasteiger partial charge in [-0.05, 0) is 18.2 Å². The lowest BCUT2D eigenvalue weighted by Crippen LogP contribution is -2.13. The number of rotatable bonds is 4. The van der Waals surface area contributed by atoms with Gasteiger partial charge in [0.25, 0.3) is 0 Å². The van der Waals surface area contributed by atoms with Gasteiger partial charge in [0.1, 0.15) is 18.0 Å². The fraction of sp³-hybridized carbons (Fsp3) is 0.214. The highest BCUT2D eigenvalue weighted by Crippen LogP contribution is 2.21. The smallest absolute Gasteiger partial charge is 0.137 e. The molecule has 3 rings (SSSR count). The Labute approximate surface area is 120 Å². The predicted molar refractivity (Wildman–Crippen MR) is 76.2 cm³/mol. The number of aryl methyl sites for hydroxylation is 1. The topological polar surface area (TPSA) is 75.9 Å². The standard InChI is InChI=1S/C14H14FN5O/c1-20-7-9(5-19-20)13(21)6-16-14-11-4-10(15)2-3-12(11)17-8-18-14/h2-5,7-8,13,21H,6H2,1H3,(H,16,17,18). The van der Waals surface area contributed by atoms with Gasteiger partial charge in [-0.1, -0.05) is 0 Å². The van der Waals surface area contributed by atoms with E-state index in [1.54, 1.807) is 30.2 Å². The van der Waals surface area contributed by atoms with E-state index in [-0.39, 0.29) is 12.4 Å². The lowest BCUT2D eigenvalue weighted by molar-refractivity contribution is 0.191. The first-order chi connectivity index (χ1) is 10.1. The summed E-state index contributed by atoms with van der Waals surface area (Å²) in [6.07, 6.45) is 4.02. The second-order valence-electron chi connectivity index (χ2n) is 4.73. The van der Waals surface area contributed by atoms with Crippen molar-refractivity contribution in [2.45, 2.75) is 6.10 Å². The van der Waals surface area contributed by atoms with Crippen molar-refractivity contribution >= 4 is 16.7 Å². The summed E-state index contributed by atoms with van der Waals surface area (Å²) in [7, 11) is 1.78. The number of nitrogens with zero attached hydrogens (tertiary/aromatic N) is 4. The molecule has 6 nitrogen and oxygen atoms in total. The van der Waals surface area contributed by atoms with Gasteiger partial charge in [-0.2, -0.15) is 5.10 Å². The highest BCUT2D eigenvalue weighted by atomic mass is 19.1. The van der Waals surface area contributed by atoms with Crippen LogP contribution in [0, 0.1) is 5.82 Å². The van der Waals surface area contributed by atoms with Crippen LogP contribution in [0.1, 0.15) is 11.7 Å². The molecule has 7 heteroatoms. The first kappa shape index (κ1) is 13.4. The van der Waals surface area contributed by atoms with E-state index < -0.39 is 6.10 Å². The third-order valence-electron chi connectivity index (χ3n) is 3.17. The summed E-state index contributed by atoms with van der Waals surface area (Å²) in [5, 5.41) is 17.7. The molecule has 1 aromatic carbocycles. The summed E-state index contributed by atoms with van der Waals surface area (Å²) in [6.45, 7) is 0.244. The van der Waals surface area contributed by atoms with Crippen molar-refractivity contribution in [3.05, 3.63) is 48.3 Å². The summed E-state index contributed by atoms with van der Waals surface area (Å²) in [6, 6.07) is 4.31. The van der Waals surface area contributed by atoms with Gasteiger partial charge in [-0.15, -0.1) is 0 Å². The number of aliphatic hydroxyl groups excluding tert-OH is 1. The molecule has 0 bridgehead atoms. The average Bonchev–Trinajstić information content (AvgIpc) is 2.91. The Morgan fingerprint density at radius 3 is 3.00 bits per heavy atom. The van der Waals surface area contributed by atoms with E-state index in [9.17, 15) is 9.50 Å². The quantitative estimate of drug-likeness (QED) is 0.763. The molecular weight excluding hydrogens is 273 g/mol. The summed E-state index contributed by atoms with van der Waals surface area (Å²) in [4.78, 5) is 8.18. The third kappa shape index (κ3) is 2.82. The van der Waals surface area contributed by atoms with Crippen LogP contribution >= 0.6 is 0 Å². The summed E-state index contributed by atoms with van der Waals surface area (Å²) >= 11 is 0. The number of hydrogen-bond donors (Lipinski definition) is 2. The van der Waals surface area contributed by atoms with Crippen LogP contribution in [0.25, 0.3) is 10.9 Å². The number of fused-ring (bicyclic) bond motifs is 1. The molecule has 3 aromatic rings. The van der Waals surface area contributed by atoms with Crippen molar-refractivity contribution in [2.24, 2.45) is 7.05 Å². The fourth-order valence-corrected chi connectivity index (χ4v) is 2.09. The number of nitrogens with one attached hydrogen (secondary N) is 1. The molecular formula is C14H14FN5O. The van der Waals surface area contributed by atoms with E-state index in [2.05, 4.69) is 20.4 Å². The first-order valence-electron chi connectivity index (χ1n) is 6.44. The van der Waals surface area contributed by atoms with Crippen molar-refractivity contribution in [1.29, 1.82) is 0 Å². The third-order valence-corrected chi connectivity index (χ3v) is 3.17. The Morgan fingerprint density at radius 1 is 1.38 bits per heavy atom. The molecule has 0 radical (unpaired) electrons. The predicted octanol–water partition coefficient (Wildman–Crippen LogP) is 1.65. The monoisotopic (exact) mass is 287 g/mol. The van der Waals surface area contributed by atoms with Gasteiger partial charge in [-0.3, -0.25) is 4.68 Å². The number of halogens is 1. The average molecular weight is 287 g/mol. The molecule has 1 atom stereocenters. The maximum absolute atomic E-state index is 13.3. The van der Waals surface area contributed by atoms with Crippen LogP contribution in [0.5, 0.6) is 0 Å². The van der Waals surface area contributed by atoms with E-state index in [0.717, 1.165) is 0 Å². The van der Waals surface area contributed by atoms with Gasteiger partial charge in [0.05, 0.1) is 17.8 Å². The Hall–Kier alpha value is -2.54. The van der Waals surface area contributed by atoms with Gasteiger partial charge in [0, 0.05) is 30.7 Å². The van der Waals surface area contributed by atoms with E-state index in [1.807, 2.05) is 0 Å². The van der Waals surface area contributed by atoms with Crippen LogP contribution in [0.3, 0.4) is 0 Å². The SMILES string of the molecule is Cn1cc(C(O)CNc2ncnc3ccc(F)cc23)cn1. The molecule has 1 unspecified atom stereocenters. The van der Waals surface area contributed by atoms with Gasteiger partial charge in [0.15, 0.2) is 0 Å². The largest absolute Gasteiger partial charge is 0.386 e. The van der Waals surface area contributed by atoms with Crippen molar-refractivity contribution < 1.29 is 9.50 Å². The molecule has 0 aliphatic heterocycles. The van der Waals surface area contributed by atoms with Crippen LogP contribution in [-0.2, 0) is 7.05 Å². The number of anilines is 1. The second kappa shape index (κ2) is 5.45. The second-order valence-corrected chi connectivity index (χ2v) is 4.73. The van der Waals surface area contributed by atoms with Gasteiger partial charge in [0.2, 0.25) is 0 Å². The molecule has 0 amide bonds. The molecule has 2 aromatic heterocycles. The minimum absolute atomic E-state index is 0.244. The number of hydrogen-bond acceptors (Lipinski definition) is 5. The van der Waals surface area contributed by atoms with Crippen LogP contribution in [0.15, 0.2) is 36.9 Å². The minimum atomic E-state index is -0.725. The first-order valence-corrected chi connectivity index (χ1v) is 6.44. The fourth-order valence-electron chi connectivity index (χ4n) is 2.09. The highest BCUT2D eigenvalue weighted by Gasteiger charge is 2.11. The zero-order valence-electron chi connectivity index (χ0n) is 11.4. The molecule has 21 heavy (non-hydrogen) atoms. The Morgan fingerprint density at radius 2 is 2.24 bits per heavy atom. The van der Waals surface area contributed by atoms with E-state index in [4.69, 9.17) is 0 Å². The van der Waals surface area contributed by atoms with Crippen molar-refractivity contribution in [1.82, 2.24) is 19.7 Å². The Kier molecular flexibility index (Phi) is 3.49. The number of aromatic nitrogens is 4. The van der Waals surface area contributed by atoms with Gasteiger partial charge >= 0.3 is 0 Å². The van der Waals surface area contributed by atoms with Crippen molar-refractivity contribution in [3.8, 4) is 0 Å². The molecule has 108 valence electrons. The maximum atomic E-state index is 13.3. The minimum Gasteiger partial charge on any atom is -0.386 e. The number of benzene rings is 1. The molecule has 2 heterocycles. The van der Waals surface area contributed by atoms with Crippen molar-refractivity contribution in [2.75, 3.05) is 11.9 Å². The van der Waals surface area contributed by atoms with E-state index >= 15 is 0 Å². The van der Waals surface area contributed by atoms with Crippen molar-refractivity contribution in [3.63, 3.8) is 0 Å². The van der Waals surface area contributed by atoms with Crippen LogP contribution in [-0.4, -0.2) is 31.4 Å². The molecule has 0 aliphatic rings. The molecule has 0 fully saturated rings. The normalized spacial score (nSPS) is 12.5. The van der Waals surface area contributed by atoms with Crippen LogP contribution in [0.4, 0.5) is 10.2 Å². The van der Waals surface area contributed by atoms with Crippen LogP contribution < -0.4 is 5.32 Å². The zero-order valence-corrected chi connectivity index (χ0v) is 11.4. The Bertz CT molecular complexity index is 773. The number of aliphatic hydroxyl groups is 1. The molecule has 0 saturated carbocycles. The zero-order chi connectivity index (χ0) is 14.8. The summed E-state index contributed by atoms with van der Waals surface area (Å²) in [5.74, 6) is 0.135. The maximum Gasteiger partial charge on any atom is 0.137 e. The molecule has 2 N–H and O–H groups in total. The highest BCUT2D eigenvalue weighted by molar-refractivity contribution is 5.88. The lowest BCUT2D eigenvalue weighted by atomic mass is 10.2. The van der Waals surface area contributed by atoms with E-state index in [1.165, 1.54) is 18.5 Å². The van der Waals surface area contributed by atoms with E-state index in [0.29, 0.717) is 22.3 Å². The molecule has 0 aliphatic carbocycles. The summed E-state index contributed by atoms with van der Waals surface area (Å²) < 4.78 is 15.0. The van der Waals surface area contributed by atoms with Gasteiger partial charge < -0.3 is 10.4 Å². The van der Waals surface area contributed by atoms with Gasteiger partial charge in [-0.25, -0.2) is 14.4 Å². The Balaban J connectivity index is 1.80. The summed E-state index contributed by atoms with van der Waals surface area (Å²) in [5.41, 5.74) is 1.35. The molecule has 0 saturated heterocycles. The lowest BCUT2D eigenvalue weighted by Gasteiger charge is -2.12. The molecule has 0 spiro atoms.